The molecule has 0 heterocycles. The van der Waals surface area contributed by atoms with E-state index in [0.717, 1.165) is 0 Å². The molecular formula is C15H22N2O4. The molecule has 0 aliphatic heterocycles. The zero-order valence-corrected chi connectivity index (χ0v) is 12.8. The Labute approximate surface area is 124 Å². The second-order valence-corrected chi connectivity index (χ2v) is 6.13. The van der Waals surface area contributed by atoms with Crippen LogP contribution >= 0.6 is 0 Å². The average Bonchev–Trinajstić information content (AvgIpc) is 2.37. The molecule has 1 atom stereocenters. The summed E-state index contributed by atoms with van der Waals surface area (Å²) in [7, 11) is 0. The zero-order chi connectivity index (χ0) is 16.2. The molecule has 21 heavy (non-hydrogen) atoms. The number of aliphatic hydroxyl groups is 1. The molecule has 1 rings (SSSR count). The van der Waals surface area contributed by atoms with Crippen LogP contribution in [-0.4, -0.2) is 28.6 Å². The van der Waals surface area contributed by atoms with Crippen molar-refractivity contribution in [1.82, 2.24) is 5.32 Å². The lowest BCUT2D eigenvalue weighted by atomic mass is 9.87. The molecule has 0 radical (unpaired) electrons. The number of carbonyl (C=O) groups excluding carboxylic acids is 1. The van der Waals surface area contributed by atoms with Gasteiger partial charge in [0.05, 0.1) is 11.0 Å². The summed E-state index contributed by atoms with van der Waals surface area (Å²) in [4.78, 5) is 22.4. The van der Waals surface area contributed by atoms with Crippen molar-refractivity contribution >= 4 is 11.6 Å². The maximum absolute atomic E-state index is 12.1. The molecule has 0 aliphatic carbocycles. The summed E-state index contributed by atoms with van der Waals surface area (Å²) < 4.78 is 0. The number of benzene rings is 1. The van der Waals surface area contributed by atoms with E-state index in [2.05, 4.69) is 5.32 Å². The van der Waals surface area contributed by atoms with E-state index in [9.17, 15) is 20.0 Å². The van der Waals surface area contributed by atoms with E-state index in [0.29, 0.717) is 18.5 Å². The first-order valence-electron chi connectivity index (χ1n) is 6.85. The van der Waals surface area contributed by atoms with Crippen LogP contribution in [0.2, 0.25) is 0 Å². The van der Waals surface area contributed by atoms with Crippen LogP contribution in [-0.2, 0) is 0 Å². The van der Waals surface area contributed by atoms with Gasteiger partial charge < -0.3 is 10.4 Å². The van der Waals surface area contributed by atoms with Crippen molar-refractivity contribution in [2.24, 2.45) is 5.41 Å². The van der Waals surface area contributed by atoms with Crippen LogP contribution < -0.4 is 5.32 Å². The number of nitrogens with one attached hydrogen (secondary N) is 1. The number of nitrogens with zero attached hydrogens (tertiary/aromatic N) is 1. The molecule has 0 aliphatic rings. The van der Waals surface area contributed by atoms with Gasteiger partial charge in [0.1, 0.15) is 0 Å². The van der Waals surface area contributed by atoms with E-state index in [1.165, 1.54) is 12.1 Å². The smallest absolute Gasteiger partial charge is 0.273 e. The Bertz CT molecular complexity index is 535. The molecule has 116 valence electrons. The fourth-order valence-corrected chi connectivity index (χ4v) is 1.92. The van der Waals surface area contributed by atoms with Crippen molar-refractivity contribution in [2.45, 2.75) is 40.2 Å². The maximum atomic E-state index is 12.1. The van der Waals surface area contributed by atoms with Crippen molar-refractivity contribution in [3.63, 3.8) is 0 Å². The number of aliphatic hydroxyl groups excluding tert-OH is 1. The summed E-state index contributed by atoms with van der Waals surface area (Å²) in [5.74, 6) is -0.364. The SMILES string of the molecule is Cc1c(C(=O)NCCC(O)C(C)(C)C)cccc1[N+](=O)[O-]. The van der Waals surface area contributed by atoms with Gasteiger partial charge in [0.25, 0.3) is 11.6 Å². The third kappa shape index (κ3) is 4.53. The summed E-state index contributed by atoms with van der Waals surface area (Å²) in [5, 5.41) is 23.4. The lowest BCUT2D eigenvalue weighted by molar-refractivity contribution is -0.385. The number of rotatable bonds is 5. The predicted octanol–water partition coefficient (Wildman–Crippen LogP) is 2.43. The minimum absolute atomic E-state index is 0.0719. The highest BCUT2D eigenvalue weighted by molar-refractivity contribution is 5.96. The van der Waals surface area contributed by atoms with Crippen LogP contribution in [0.15, 0.2) is 18.2 Å². The normalized spacial score (nSPS) is 12.8. The lowest BCUT2D eigenvalue weighted by Gasteiger charge is -2.25. The number of carbonyl (C=O) groups is 1. The van der Waals surface area contributed by atoms with E-state index in [1.54, 1.807) is 13.0 Å². The van der Waals surface area contributed by atoms with Gasteiger partial charge in [0, 0.05) is 23.7 Å². The third-order valence-corrected chi connectivity index (χ3v) is 3.45. The molecule has 6 nitrogen and oxygen atoms in total. The van der Waals surface area contributed by atoms with E-state index in [4.69, 9.17) is 0 Å². The van der Waals surface area contributed by atoms with E-state index < -0.39 is 11.0 Å². The number of hydrogen-bond donors (Lipinski definition) is 2. The van der Waals surface area contributed by atoms with Gasteiger partial charge in [-0.05, 0) is 24.8 Å². The molecule has 2 N–H and O–H groups in total. The Morgan fingerprint density at radius 2 is 2.05 bits per heavy atom. The first-order chi connectivity index (χ1) is 9.64. The standard InChI is InChI=1S/C15H22N2O4/c1-10-11(6-5-7-12(10)17(20)21)14(19)16-9-8-13(18)15(2,3)4/h5-7,13,18H,8-9H2,1-4H3,(H,16,19). The summed E-state index contributed by atoms with van der Waals surface area (Å²) in [6.45, 7) is 7.63. The average molecular weight is 294 g/mol. The number of nitro benzene ring substituents is 1. The molecule has 0 spiro atoms. The highest BCUT2D eigenvalue weighted by Gasteiger charge is 2.22. The second-order valence-electron chi connectivity index (χ2n) is 6.13. The molecule has 0 aromatic heterocycles. The Morgan fingerprint density at radius 1 is 1.43 bits per heavy atom. The first kappa shape index (κ1) is 17.1. The summed E-state index contributed by atoms with van der Waals surface area (Å²) in [5.41, 5.74) is 0.315. The van der Waals surface area contributed by atoms with Crippen molar-refractivity contribution in [3.05, 3.63) is 39.4 Å². The Hall–Kier alpha value is -1.95. The van der Waals surface area contributed by atoms with E-state index in [-0.39, 0.29) is 22.6 Å². The Kier molecular flexibility index (Phi) is 5.43. The molecule has 1 aromatic rings. The topological polar surface area (TPSA) is 92.5 Å². The van der Waals surface area contributed by atoms with Gasteiger partial charge in [0.2, 0.25) is 0 Å². The van der Waals surface area contributed by atoms with Crippen LogP contribution in [0.4, 0.5) is 5.69 Å². The molecule has 1 aromatic carbocycles. The van der Waals surface area contributed by atoms with Crippen LogP contribution in [0.3, 0.4) is 0 Å². The fraction of sp³-hybridized carbons (Fsp3) is 0.533. The molecule has 1 unspecified atom stereocenters. The molecule has 0 fully saturated rings. The molecule has 6 heteroatoms. The summed E-state index contributed by atoms with van der Waals surface area (Å²) >= 11 is 0. The summed E-state index contributed by atoms with van der Waals surface area (Å²) in [6.07, 6.45) is -0.0903. The minimum Gasteiger partial charge on any atom is -0.393 e. The minimum atomic E-state index is -0.524. The van der Waals surface area contributed by atoms with Crippen molar-refractivity contribution < 1.29 is 14.8 Å². The molecule has 0 bridgehead atoms. The zero-order valence-electron chi connectivity index (χ0n) is 12.8. The fourth-order valence-electron chi connectivity index (χ4n) is 1.92. The third-order valence-electron chi connectivity index (χ3n) is 3.45. The highest BCUT2D eigenvalue weighted by Crippen LogP contribution is 2.22. The monoisotopic (exact) mass is 294 g/mol. The Morgan fingerprint density at radius 3 is 2.57 bits per heavy atom. The Balaban J connectivity index is 2.69. The second kappa shape index (κ2) is 6.67. The molecule has 0 saturated heterocycles. The quantitative estimate of drug-likeness (QED) is 0.644. The molecular weight excluding hydrogens is 272 g/mol. The van der Waals surface area contributed by atoms with Gasteiger partial charge in [-0.2, -0.15) is 0 Å². The van der Waals surface area contributed by atoms with Gasteiger partial charge in [-0.1, -0.05) is 26.8 Å². The largest absolute Gasteiger partial charge is 0.393 e. The van der Waals surface area contributed by atoms with Crippen LogP contribution in [0.5, 0.6) is 0 Å². The molecule has 1 amide bonds. The number of nitro groups is 1. The maximum Gasteiger partial charge on any atom is 0.273 e. The highest BCUT2D eigenvalue weighted by atomic mass is 16.6. The van der Waals surface area contributed by atoms with Crippen LogP contribution in [0.1, 0.15) is 43.1 Å². The molecule has 0 saturated carbocycles. The number of hydrogen-bond acceptors (Lipinski definition) is 4. The van der Waals surface area contributed by atoms with Gasteiger partial charge in [0.15, 0.2) is 0 Å². The first-order valence-corrected chi connectivity index (χ1v) is 6.85. The number of amides is 1. The van der Waals surface area contributed by atoms with Gasteiger partial charge in [-0.15, -0.1) is 0 Å². The van der Waals surface area contributed by atoms with Gasteiger partial charge >= 0.3 is 0 Å². The van der Waals surface area contributed by atoms with E-state index in [1.807, 2.05) is 20.8 Å². The van der Waals surface area contributed by atoms with Gasteiger partial charge in [-0.3, -0.25) is 14.9 Å². The van der Waals surface area contributed by atoms with Gasteiger partial charge in [-0.25, -0.2) is 0 Å². The van der Waals surface area contributed by atoms with Crippen molar-refractivity contribution in [1.29, 1.82) is 0 Å². The van der Waals surface area contributed by atoms with E-state index >= 15 is 0 Å². The van der Waals surface area contributed by atoms with Crippen molar-refractivity contribution in [2.75, 3.05) is 6.54 Å². The van der Waals surface area contributed by atoms with Crippen molar-refractivity contribution in [3.8, 4) is 0 Å². The summed E-state index contributed by atoms with van der Waals surface area (Å²) in [6, 6.07) is 4.41. The van der Waals surface area contributed by atoms with Crippen LogP contribution in [0.25, 0.3) is 0 Å². The lowest BCUT2D eigenvalue weighted by Crippen LogP contribution is -2.32. The predicted molar refractivity (Wildman–Crippen MR) is 80.2 cm³/mol. The van der Waals surface area contributed by atoms with Crippen LogP contribution in [0, 0.1) is 22.5 Å².